The second-order valence-corrected chi connectivity index (χ2v) is 12.7. The van der Waals surface area contributed by atoms with E-state index in [9.17, 15) is 41.4 Å². The first-order valence-electron chi connectivity index (χ1n) is 16.1. The molecule has 11 heteroatoms. The number of hydrogen-bond donors (Lipinski definition) is 2. The lowest BCUT2D eigenvalue weighted by Crippen LogP contribution is -2.46. The number of ketones is 3. The SMILES string of the molecule is CCC[C@H](CC(=O)[C@H](Cc1cc(F)c(O)c(F)c1)N[C@@H](c1ccc(C2CCOCC2)cc1)C(F)(F)F)C(=O)C(=O)CC1CCCC1. The Morgan fingerprint density at radius 3 is 2.15 bits per heavy atom. The number of carbonyl (C=O) groups excluding carboxylic acids is 3. The van der Waals surface area contributed by atoms with Crippen LogP contribution < -0.4 is 5.32 Å². The monoisotopic (exact) mass is 651 g/mol. The van der Waals surface area contributed by atoms with E-state index in [4.69, 9.17) is 4.74 Å². The van der Waals surface area contributed by atoms with Crippen LogP contribution in [0.2, 0.25) is 0 Å². The summed E-state index contributed by atoms with van der Waals surface area (Å²) in [5, 5.41) is 11.9. The van der Waals surface area contributed by atoms with Crippen molar-refractivity contribution in [3.63, 3.8) is 0 Å². The topological polar surface area (TPSA) is 92.7 Å². The summed E-state index contributed by atoms with van der Waals surface area (Å²) in [7, 11) is 0. The Hall–Kier alpha value is -3.18. The van der Waals surface area contributed by atoms with Gasteiger partial charge in [-0.2, -0.15) is 13.2 Å². The van der Waals surface area contributed by atoms with Gasteiger partial charge in [0, 0.05) is 32.0 Å². The Bertz CT molecular complexity index is 1330. The summed E-state index contributed by atoms with van der Waals surface area (Å²) in [5.74, 6) is -6.74. The first kappa shape index (κ1) is 35.7. The molecular weight excluding hydrogens is 609 g/mol. The molecule has 2 N–H and O–H groups in total. The predicted molar refractivity (Wildman–Crippen MR) is 161 cm³/mol. The van der Waals surface area contributed by atoms with E-state index in [0.29, 0.717) is 19.6 Å². The average Bonchev–Trinajstić information content (AvgIpc) is 3.54. The van der Waals surface area contributed by atoms with Gasteiger partial charge in [0.15, 0.2) is 29.0 Å². The van der Waals surface area contributed by atoms with E-state index in [-0.39, 0.29) is 35.8 Å². The highest BCUT2D eigenvalue weighted by molar-refractivity contribution is 6.38. The molecule has 0 aromatic heterocycles. The van der Waals surface area contributed by atoms with E-state index in [2.05, 4.69) is 5.32 Å². The van der Waals surface area contributed by atoms with Crippen LogP contribution in [0.4, 0.5) is 22.0 Å². The Labute approximate surface area is 266 Å². The molecule has 6 nitrogen and oxygen atoms in total. The quantitative estimate of drug-likeness (QED) is 0.153. The van der Waals surface area contributed by atoms with Crippen LogP contribution in [-0.4, -0.2) is 47.9 Å². The normalized spacial score (nSPS) is 18.3. The molecule has 0 bridgehead atoms. The van der Waals surface area contributed by atoms with E-state index in [1.54, 1.807) is 19.1 Å². The van der Waals surface area contributed by atoms with Gasteiger partial charge in [-0.25, -0.2) is 8.78 Å². The Morgan fingerprint density at radius 1 is 0.978 bits per heavy atom. The number of halogens is 5. The minimum absolute atomic E-state index is 0.0843. The molecule has 1 heterocycles. The first-order chi connectivity index (χ1) is 21.9. The smallest absolute Gasteiger partial charge is 0.407 e. The van der Waals surface area contributed by atoms with Gasteiger partial charge in [-0.05, 0) is 66.3 Å². The van der Waals surface area contributed by atoms with Crippen molar-refractivity contribution in [1.29, 1.82) is 0 Å². The lowest BCUT2D eigenvalue weighted by Gasteiger charge is -2.29. The van der Waals surface area contributed by atoms with E-state index >= 15 is 0 Å². The predicted octanol–water partition coefficient (Wildman–Crippen LogP) is 7.46. The lowest BCUT2D eigenvalue weighted by atomic mass is 9.85. The molecule has 0 radical (unpaired) electrons. The van der Waals surface area contributed by atoms with Crippen molar-refractivity contribution in [3.8, 4) is 5.75 Å². The number of phenols is 1. The van der Waals surface area contributed by atoms with Crippen LogP contribution in [0.5, 0.6) is 5.75 Å². The molecule has 1 aliphatic carbocycles. The van der Waals surface area contributed by atoms with E-state index < -0.39 is 71.8 Å². The number of ether oxygens (including phenoxy) is 1. The molecule has 46 heavy (non-hydrogen) atoms. The van der Waals surface area contributed by atoms with Crippen LogP contribution >= 0.6 is 0 Å². The van der Waals surface area contributed by atoms with Gasteiger partial charge in [0.05, 0.1) is 6.04 Å². The van der Waals surface area contributed by atoms with Crippen molar-refractivity contribution in [3.05, 3.63) is 64.7 Å². The maximum atomic E-state index is 14.6. The van der Waals surface area contributed by atoms with E-state index in [1.807, 2.05) is 0 Å². The molecule has 3 atom stereocenters. The third kappa shape index (κ3) is 9.44. The largest absolute Gasteiger partial charge is 0.503 e. The van der Waals surface area contributed by atoms with Gasteiger partial charge in [-0.15, -0.1) is 0 Å². The fraction of sp³-hybridized carbons (Fsp3) is 0.571. The molecular formula is C35H42F5NO5. The highest BCUT2D eigenvalue weighted by Gasteiger charge is 2.43. The van der Waals surface area contributed by atoms with Crippen molar-refractivity contribution in [2.24, 2.45) is 11.8 Å². The molecule has 2 fully saturated rings. The number of hydrogen-bond acceptors (Lipinski definition) is 6. The molecule has 4 rings (SSSR count). The fourth-order valence-corrected chi connectivity index (χ4v) is 6.67. The number of aromatic hydroxyl groups is 1. The molecule has 0 amide bonds. The maximum absolute atomic E-state index is 14.6. The zero-order valence-electron chi connectivity index (χ0n) is 26.0. The zero-order chi connectivity index (χ0) is 33.4. The molecule has 0 spiro atoms. The van der Waals surface area contributed by atoms with Gasteiger partial charge in [0.2, 0.25) is 5.78 Å². The van der Waals surface area contributed by atoms with Crippen molar-refractivity contribution in [1.82, 2.24) is 5.32 Å². The number of alkyl halides is 3. The first-order valence-corrected chi connectivity index (χ1v) is 16.1. The molecule has 1 saturated heterocycles. The van der Waals surface area contributed by atoms with Gasteiger partial charge >= 0.3 is 6.18 Å². The highest BCUT2D eigenvalue weighted by atomic mass is 19.4. The summed E-state index contributed by atoms with van der Waals surface area (Å²) in [6.45, 7) is 2.90. The third-order valence-electron chi connectivity index (χ3n) is 9.24. The lowest BCUT2D eigenvalue weighted by molar-refractivity contribution is -0.160. The molecule has 252 valence electrons. The number of Topliss-reactive ketones (excluding diaryl/α,β-unsaturated/α-hetero) is 3. The molecule has 2 aliphatic rings. The second kappa shape index (κ2) is 16.1. The van der Waals surface area contributed by atoms with Crippen molar-refractivity contribution >= 4 is 17.3 Å². The van der Waals surface area contributed by atoms with E-state index in [1.165, 1.54) is 12.1 Å². The summed E-state index contributed by atoms with van der Waals surface area (Å²) in [6, 6.07) is 3.52. The van der Waals surface area contributed by atoms with Crippen LogP contribution in [0.1, 0.15) is 99.8 Å². The van der Waals surface area contributed by atoms with Gasteiger partial charge in [-0.1, -0.05) is 63.3 Å². The highest BCUT2D eigenvalue weighted by Crippen LogP contribution is 2.36. The minimum atomic E-state index is -4.86. The number of rotatable bonds is 15. The van der Waals surface area contributed by atoms with Gasteiger partial charge in [0.25, 0.3) is 0 Å². The Morgan fingerprint density at radius 2 is 1.59 bits per heavy atom. The zero-order valence-corrected chi connectivity index (χ0v) is 26.0. The number of carbonyl (C=O) groups is 3. The van der Waals surface area contributed by atoms with Gasteiger partial charge in [-0.3, -0.25) is 19.7 Å². The van der Waals surface area contributed by atoms with Crippen molar-refractivity contribution in [2.75, 3.05) is 13.2 Å². The number of nitrogens with one attached hydrogen (secondary N) is 1. The minimum Gasteiger partial charge on any atom is -0.503 e. The number of benzene rings is 2. The molecule has 2 aromatic carbocycles. The molecule has 2 aromatic rings. The van der Waals surface area contributed by atoms with Crippen LogP contribution in [-0.2, 0) is 25.5 Å². The molecule has 1 saturated carbocycles. The van der Waals surface area contributed by atoms with Crippen LogP contribution in [0.15, 0.2) is 36.4 Å². The maximum Gasteiger partial charge on any atom is 0.407 e. The average molecular weight is 652 g/mol. The summed E-state index contributed by atoms with van der Waals surface area (Å²) in [4.78, 5) is 39.8. The Kier molecular flexibility index (Phi) is 12.5. The third-order valence-corrected chi connectivity index (χ3v) is 9.24. The fourth-order valence-electron chi connectivity index (χ4n) is 6.67. The Balaban J connectivity index is 1.60. The van der Waals surface area contributed by atoms with E-state index in [0.717, 1.165) is 56.2 Å². The number of phenolic OH excluding ortho intramolecular Hbond substituents is 1. The van der Waals surface area contributed by atoms with Crippen LogP contribution in [0, 0.1) is 23.5 Å². The molecule has 0 unspecified atom stereocenters. The van der Waals surface area contributed by atoms with Gasteiger partial charge < -0.3 is 9.84 Å². The summed E-state index contributed by atoms with van der Waals surface area (Å²) in [5.41, 5.74) is 0.557. The van der Waals surface area contributed by atoms with Crippen molar-refractivity contribution in [2.45, 2.75) is 102 Å². The second-order valence-electron chi connectivity index (χ2n) is 12.7. The van der Waals surface area contributed by atoms with Crippen molar-refractivity contribution < 1.29 is 46.2 Å². The molecule has 1 aliphatic heterocycles. The van der Waals surface area contributed by atoms with Crippen LogP contribution in [0.25, 0.3) is 0 Å². The van der Waals surface area contributed by atoms with Crippen LogP contribution in [0.3, 0.4) is 0 Å². The summed E-state index contributed by atoms with van der Waals surface area (Å²) >= 11 is 0. The summed E-state index contributed by atoms with van der Waals surface area (Å²) < 4.78 is 77.5. The standard InChI is InChI=1S/C35H42F5NO5/c1-2-5-26(32(44)31(43)19-21-6-3-4-7-21)20-30(42)29(18-22-16-27(36)33(45)28(37)17-22)41-34(35(38,39)40)25-10-8-23(9-11-25)24-12-14-46-15-13-24/h8-11,16-17,21,24,26,29,34,41,45H,2-7,12-15,18-20H2,1H3/t26-,29+,34+/m1/s1. The summed E-state index contributed by atoms with van der Waals surface area (Å²) in [6.07, 6.45) is -0.0469. The van der Waals surface area contributed by atoms with Gasteiger partial charge in [0.1, 0.15) is 6.04 Å².